The van der Waals surface area contributed by atoms with E-state index in [-0.39, 0.29) is 5.56 Å². The normalized spacial score (nSPS) is 14.7. The van der Waals surface area contributed by atoms with Crippen LogP contribution in [-0.2, 0) is 6.18 Å². The first-order valence-electron chi connectivity index (χ1n) is 8.91. The number of nitrogens with zero attached hydrogens (tertiary/aromatic N) is 7. The van der Waals surface area contributed by atoms with E-state index in [4.69, 9.17) is 0 Å². The van der Waals surface area contributed by atoms with Gasteiger partial charge in [-0.15, -0.1) is 10.2 Å². The molecule has 1 aliphatic rings. The molecule has 0 amide bonds. The summed E-state index contributed by atoms with van der Waals surface area (Å²) in [6.07, 6.45) is -1.14. The fourth-order valence-electron chi connectivity index (χ4n) is 3.35. The lowest BCUT2D eigenvalue weighted by atomic mass is 10.0. The van der Waals surface area contributed by atoms with Gasteiger partial charge in [0.1, 0.15) is 6.07 Å². The second-order valence-corrected chi connectivity index (χ2v) is 6.48. The van der Waals surface area contributed by atoms with Gasteiger partial charge in [-0.25, -0.2) is 4.68 Å². The smallest absolute Gasteiger partial charge is 0.367 e. The monoisotopic (exact) mass is 399 g/mol. The van der Waals surface area contributed by atoms with E-state index in [1.807, 2.05) is 17.0 Å². The number of anilines is 2. The molecule has 0 atom stereocenters. The summed E-state index contributed by atoms with van der Waals surface area (Å²) in [6.45, 7) is 2.05. The lowest BCUT2D eigenvalue weighted by Crippen LogP contribution is -2.47. The number of hydrogen-bond donors (Lipinski definition) is 0. The van der Waals surface area contributed by atoms with Crippen LogP contribution in [0.1, 0.15) is 11.1 Å². The maximum Gasteiger partial charge on any atom is 0.417 e. The summed E-state index contributed by atoms with van der Waals surface area (Å²) in [6, 6.07) is 11.0. The van der Waals surface area contributed by atoms with Gasteiger partial charge in [0.15, 0.2) is 11.6 Å². The first kappa shape index (κ1) is 18.7. The molecule has 1 fully saturated rings. The Hall–Kier alpha value is -3.61. The standard InChI is InChI=1S/C19H16F3N7/c20-19(21,22)15-3-1-4-16(14(15)13-23)27-9-11-28(12-10-27)17-5-6-18(26-25-17)29-8-2-7-24-29/h1-8H,9-12H2. The van der Waals surface area contributed by atoms with Crippen molar-refractivity contribution in [3.05, 3.63) is 59.9 Å². The number of nitriles is 1. The third kappa shape index (κ3) is 3.71. The zero-order valence-corrected chi connectivity index (χ0v) is 15.2. The van der Waals surface area contributed by atoms with Crippen LogP contribution in [-0.4, -0.2) is 46.2 Å². The van der Waals surface area contributed by atoms with Crippen LogP contribution in [0.2, 0.25) is 0 Å². The highest BCUT2D eigenvalue weighted by Crippen LogP contribution is 2.36. The van der Waals surface area contributed by atoms with Crippen molar-refractivity contribution in [3.8, 4) is 11.9 Å². The van der Waals surface area contributed by atoms with Crippen molar-refractivity contribution in [2.24, 2.45) is 0 Å². The van der Waals surface area contributed by atoms with Crippen molar-refractivity contribution >= 4 is 11.5 Å². The predicted molar refractivity (Wildman–Crippen MR) is 99.7 cm³/mol. The Labute approximate surface area is 164 Å². The van der Waals surface area contributed by atoms with E-state index in [0.717, 1.165) is 6.07 Å². The van der Waals surface area contributed by atoms with E-state index < -0.39 is 11.7 Å². The van der Waals surface area contributed by atoms with E-state index in [0.29, 0.717) is 43.5 Å². The van der Waals surface area contributed by atoms with Gasteiger partial charge in [-0.3, -0.25) is 0 Å². The minimum absolute atomic E-state index is 0.307. The number of halogens is 3. The van der Waals surface area contributed by atoms with Gasteiger partial charge < -0.3 is 9.80 Å². The van der Waals surface area contributed by atoms with Gasteiger partial charge >= 0.3 is 6.18 Å². The van der Waals surface area contributed by atoms with Crippen LogP contribution in [0.5, 0.6) is 0 Å². The third-order valence-corrected chi connectivity index (χ3v) is 4.78. The molecule has 0 radical (unpaired) electrons. The molecule has 0 bridgehead atoms. The van der Waals surface area contributed by atoms with Crippen molar-refractivity contribution in [2.45, 2.75) is 6.18 Å². The highest BCUT2D eigenvalue weighted by molar-refractivity contribution is 5.64. The fraction of sp³-hybridized carbons (Fsp3) is 0.263. The van der Waals surface area contributed by atoms with Crippen molar-refractivity contribution < 1.29 is 13.2 Å². The van der Waals surface area contributed by atoms with E-state index >= 15 is 0 Å². The molecule has 1 aliphatic heterocycles. The highest BCUT2D eigenvalue weighted by atomic mass is 19.4. The van der Waals surface area contributed by atoms with Crippen LogP contribution in [0.3, 0.4) is 0 Å². The molecule has 10 heteroatoms. The van der Waals surface area contributed by atoms with Gasteiger partial charge in [0.25, 0.3) is 0 Å². The van der Waals surface area contributed by atoms with Gasteiger partial charge in [-0.2, -0.15) is 23.5 Å². The first-order valence-corrected chi connectivity index (χ1v) is 8.91. The molecule has 3 heterocycles. The number of benzene rings is 1. The van der Waals surface area contributed by atoms with Gasteiger partial charge in [-0.05, 0) is 30.3 Å². The molecule has 148 valence electrons. The molecule has 0 N–H and O–H groups in total. The molecule has 0 unspecified atom stereocenters. The molecule has 0 aliphatic carbocycles. The summed E-state index contributed by atoms with van der Waals surface area (Å²) in [5, 5.41) is 21.8. The SMILES string of the molecule is N#Cc1c(N2CCN(c3ccc(-n4cccn4)nn3)CC2)cccc1C(F)(F)F. The van der Waals surface area contributed by atoms with Gasteiger partial charge in [0, 0.05) is 38.6 Å². The minimum Gasteiger partial charge on any atom is -0.367 e. The Balaban J connectivity index is 1.48. The van der Waals surface area contributed by atoms with Gasteiger partial charge in [-0.1, -0.05) is 6.07 Å². The number of aromatic nitrogens is 4. The summed E-state index contributed by atoms with van der Waals surface area (Å²) < 4.78 is 41.2. The number of hydrogen-bond acceptors (Lipinski definition) is 6. The first-order chi connectivity index (χ1) is 14.0. The summed E-state index contributed by atoms with van der Waals surface area (Å²) >= 11 is 0. The molecular formula is C19H16F3N7. The third-order valence-electron chi connectivity index (χ3n) is 4.78. The van der Waals surface area contributed by atoms with E-state index in [2.05, 4.69) is 15.3 Å². The molecule has 0 saturated carbocycles. The largest absolute Gasteiger partial charge is 0.417 e. The lowest BCUT2D eigenvalue weighted by molar-refractivity contribution is -0.137. The average molecular weight is 399 g/mol. The number of piperazine rings is 1. The Bertz CT molecular complexity index is 1020. The molecule has 2 aromatic heterocycles. The van der Waals surface area contributed by atoms with Crippen LogP contribution in [0, 0.1) is 11.3 Å². The molecule has 29 heavy (non-hydrogen) atoms. The molecule has 1 aromatic carbocycles. The molecular weight excluding hydrogens is 383 g/mol. The van der Waals surface area contributed by atoms with E-state index in [9.17, 15) is 18.4 Å². The molecule has 0 spiro atoms. The topological polar surface area (TPSA) is 73.9 Å². The summed E-state index contributed by atoms with van der Waals surface area (Å²) in [4.78, 5) is 3.81. The van der Waals surface area contributed by atoms with E-state index in [1.54, 1.807) is 40.2 Å². The second kappa shape index (κ2) is 7.43. The van der Waals surface area contributed by atoms with Gasteiger partial charge in [0.05, 0.1) is 16.8 Å². The van der Waals surface area contributed by atoms with E-state index in [1.165, 1.54) is 6.07 Å². The lowest BCUT2D eigenvalue weighted by Gasteiger charge is -2.37. The maximum absolute atomic E-state index is 13.2. The van der Waals surface area contributed by atoms with Crippen LogP contribution in [0.15, 0.2) is 48.8 Å². The zero-order valence-electron chi connectivity index (χ0n) is 15.2. The van der Waals surface area contributed by atoms with Crippen molar-refractivity contribution in [1.29, 1.82) is 5.26 Å². The van der Waals surface area contributed by atoms with Crippen LogP contribution < -0.4 is 9.80 Å². The van der Waals surface area contributed by atoms with Gasteiger partial charge in [0.2, 0.25) is 0 Å². The van der Waals surface area contributed by atoms with Crippen molar-refractivity contribution in [3.63, 3.8) is 0 Å². The Morgan fingerprint density at radius 3 is 2.17 bits per heavy atom. The average Bonchev–Trinajstić information content (AvgIpc) is 3.28. The second-order valence-electron chi connectivity index (χ2n) is 6.48. The summed E-state index contributed by atoms with van der Waals surface area (Å²) in [5.41, 5.74) is -0.932. The Morgan fingerprint density at radius 1 is 0.897 bits per heavy atom. The predicted octanol–water partition coefficient (Wildman–Crippen LogP) is 2.88. The Kier molecular flexibility index (Phi) is 4.80. The fourth-order valence-corrected chi connectivity index (χ4v) is 3.35. The summed E-state index contributed by atoms with van der Waals surface area (Å²) in [7, 11) is 0. The van der Waals surface area contributed by atoms with Crippen LogP contribution >= 0.6 is 0 Å². The van der Waals surface area contributed by atoms with Crippen molar-refractivity contribution in [1.82, 2.24) is 20.0 Å². The molecule has 7 nitrogen and oxygen atoms in total. The number of alkyl halides is 3. The Morgan fingerprint density at radius 2 is 1.59 bits per heavy atom. The molecule has 1 saturated heterocycles. The quantitative estimate of drug-likeness (QED) is 0.674. The maximum atomic E-state index is 13.2. The number of rotatable bonds is 3. The molecule has 3 aromatic rings. The minimum atomic E-state index is -4.56. The van der Waals surface area contributed by atoms with Crippen molar-refractivity contribution in [2.75, 3.05) is 36.0 Å². The summed E-state index contributed by atoms with van der Waals surface area (Å²) in [5.74, 6) is 1.28. The highest BCUT2D eigenvalue weighted by Gasteiger charge is 2.35. The zero-order chi connectivity index (χ0) is 20.4. The van der Waals surface area contributed by atoms with Crippen LogP contribution in [0.4, 0.5) is 24.7 Å². The van der Waals surface area contributed by atoms with Crippen LogP contribution in [0.25, 0.3) is 5.82 Å². The molecule has 4 rings (SSSR count).